The number of aryl methyl sites for hydroxylation is 1. The Morgan fingerprint density at radius 2 is 1.49 bits per heavy atom. The van der Waals surface area contributed by atoms with Crippen LogP contribution in [0.25, 0.3) is 0 Å². The van der Waals surface area contributed by atoms with Crippen molar-refractivity contribution in [2.24, 2.45) is 0 Å². The van der Waals surface area contributed by atoms with Gasteiger partial charge in [-0.1, -0.05) is 24.3 Å². The molecule has 1 heterocycles. The van der Waals surface area contributed by atoms with Crippen molar-refractivity contribution in [2.75, 3.05) is 50.7 Å². The molecule has 1 aliphatic carbocycles. The third kappa shape index (κ3) is 6.09. The Hall–Kier alpha value is -3.91. The summed E-state index contributed by atoms with van der Waals surface area (Å²) in [6.45, 7) is 4.84. The number of rotatable bonds is 9. The standard InChI is InChI=1S/C29H32N2O6/c1-19-24(27(34)29(36-3)28(35-2)26(19)33)18-21-6-4-20(5-7-21)8-13-25(32)30-22-9-11-23(12-10-22)31-14-16-37-17-15-31/h4-7,9-12H,8,13-18H2,1-3H3,(H,30,32). The summed E-state index contributed by atoms with van der Waals surface area (Å²) in [4.78, 5) is 40.2. The zero-order valence-electron chi connectivity index (χ0n) is 21.5. The van der Waals surface area contributed by atoms with Crippen molar-refractivity contribution in [1.82, 2.24) is 0 Å². The summed E-state index contributed by atoms with van der Waals surface area (Å²) in [5, 5.41) is 2.96. The van der Waals surface area contributed by atoms with Gasteiger partial charge in [0.15, 0.2) is 0 Å². The van der Waals surface area contributed by atoms with Crippen molar-refractivity contribution < 1.29 is 28.6 Å². The number of morpholine rings is 1. The molecule has 0 bridgehead atoms. The van der Waals surface area contributed by atoms with E-state index < -0.39 is 0 Å². The van der Waals surface area contributed by atoms with Gasteiger partial charge in [-0.15, -0.1) is 0 Å². The number of carbonyl (C=O) groups is 3. The lowest BCUT2D eigenvalue weighted by Crippen LogP contribution is -2.36. The van der Waals surface area contributed by atoms with Crippen LogP contribution < -0.4 is 10.2 Å². The third-order valence-corrected chi connectivity index (χ3v) is 6.67. The number of ketones is 2. The third-order valence-electron chi connectivity index (χ3n) is 6.67. The average molecular weight is 505 g/mol. The van der Waals surface area contributed by atoms with Crippen molar-refractivity contribution in [1.29, 1.82) is 0 Å². The van der Waals surface area contributed by atoms with Crippen LogP contribution in [0.15, 0.2) is 71.2 Å². The van der Waals surface area contributed by atoms with E-state index in [4.69, 9.17) is 14.2 Å². The molecule has 0 radical (unpaired) electrons. The van der Waals surface area contributed by atoms with Gasteiger partial charge in [0.1, 0.15) is 0 Å². The maximum absolute atomic E-state index is 12.9. The van der Waals surface area contributed by atoms with Gasteiger partial charge >= 0.3 is 0 Å². The minimum Gasteiger partial charge on any atom is -0.489 e. The minimum absolute atomic E-state index is 0.0527. The summed E-state index contributed by atoms with van der Waals surface area (Å²) in [7, 11) is 2.70. The lowest BCUT2D eigenvalue weighted by atomic mass is 9.88. The van der Waals surface area contributed by atoms with Crippen LogP contribution in [0.1, 0.15) is 24.5 Å². The van der Waals surface area contributed by atoms with Crippen LogP contribution >= 0.6 is 0 Å². The van der Waals surface area contributed by atoms with Gasteiger partial charge < -0.3 is 24.4 Å². The van der Waals surface area contributed by atoms with Crippen LogP contribution in [-0.2, 0) is 41.4 Å². The van der Waals surface area contributed by atoms with Crippen LogP contribution in [0.4, 0.5) is 11.4 Å². The summed E-state index contributed by atoms with van der Waals surface area (Å²) in [6, 6.07) is 15.6. The highest BCUT2D eigenvalue weighted by molar-refractivity contribution is 6.23. The molecular weight excluding hydrogens is 472 g/mol. The molecule has 0 atom stereocenters. The Bertz CT molecular complexity index is 1220. The maximum Gasteiger partial charge on any atom is 0.228 e. The molecule has 8 heteroatoms. The molecular formula is C29H32N2O6. The van der Waals surface area contributed by atoms with E-state index in [0.717, 1.165) is 48.8 Å². The van der Waals surface area contributed by atoms with E-state index >= 15 is 0 Å². The normalized spacial score (nSPS) is 16.2. The number of benzene rings is 2. The molecule has 0 saturated carbocycles. The first-order valence-electron chi connectivity index (χ1n) is 12.3. The predicted octanol–water partition coefficient (Wildman–Crippen LogP) is 3.61. The minimum atomic E-state index is -0.340. The fourth-order valence-corrected chi connectivity index (χ4v) is 4.49. The van der Waals surface area contributed by atoms with Crippen molar-refractivity contribution in [3.63, 3.8) is 0 Å². The summed E-state index contributed by atoms with van der Waals surface area (Å²) in [6.07, 6.45) is 1.25. The van der Waals surface area contributed by atoms with Gasteiger partial charge in [0, 0.05) is 48.5 Å². The molecule has 1 saturated heterocycles. The molecule has 1 aliphatic heterocycles. The van der Waals surface area contributed by atoms with Crippen molar-refractivity contribution in [3.8, 4) is 0 Å². The Morgan fingerprint density at radius 1 is 0.892 bits per heavy atom. The van der Waals surface area contributed by atoms with E-state index in [1.54, 1.807) is 6.92 Å². The highest BCUT2D eigenvalue weighted by atomic mass is 16.5. The largest absolute Gasteiger partial charge is 0.489 e. The number of anilines is 2. The molecule has 2 aliphatic rings. The summed E-state index contributed by atoms with van der Waals surface area (Å²) in [5.74, 6) is -0.854. The fourth-order valence-electron chi connectivity index (χ4n) is 4.49. The lowest BCUT2D eigenvalue weighted by Gasteiger charge is -2.28. The highest BCUT2D eigenvalue weighted by Gasteiger charge is 2.34. The van der Waals surface area contributed by atoms with E-state index in [1.165, 1.54) is 14.2 Å². The van der Waals surface area contributed by atoms with Gasteiger partial charge in [-0.2, -0.15) is 0 Å². The number of hydrogen-bond donors (Lipinski definition) is 1. The van der Waals surface area contributed by atoms with Crippen LogP contribution in [-0.4, -0.2) is 58.0 Å². The zero-order valence-corrected chi connectivity index (χ0v) is 21.5. The number of Topliss-reactive ketones (excluding diaryl/α,β-unsaturated/α-hetero) is 2. The van der Waals surface area contributed by atoms with Gasteiger partial charge in [-0.05, 0) is 48.7 Å². The second-order valence-corrected chi connectivity index (χ2v) is 9.02. The molecule has 194 valence electrons. The first kappa shape index (κ1) is 26.2. The van der Waals surface area contributed by atoms with E-state index in [2.05, 4.69) is 10.2 Å². The van der Waals surface area contributed by atoms with E-state index in [9.17, 15) is 14.4 Å². The second-order valence-electron chi connectivity index (χ2n) is 9.02. The Labute approximate surface area is 216 Å². The van der Waals surface area contributed by atoms with E-state index in [-0.39, 0.29) is 29.0 Å². The van der Waals surface area contributed by atoms with Crippen LogP contribution in [0.3, 0.4) is 0 Å². The zero-order chi connectivity index (χ0) is 26.4. The number of nitrogens with zero attached hydrogens (tertiary/aromatic N) is 1. The quantitative estimate of drug-likeness (QED) is 0.522. The SMILES string of the molecule is COC1=C(OC)C(=O)C(Cc2ccc(CCC(=O)Nc3ccc(N4CCOCC4)cc3)cc2)=C(C)C1=O. The Morgan fingerprint density at radius 3 is 2.11 bits per heavy atom. The molecule has 0 spiro atoms. The van der Waals surface area contributed by atoms with E-state index in [1.807, 2.05) is 48.5 Å². The average Bonchev–Trinajstić information content (AvgIpc) is 2.93. The number of nitrogens with one attached hydrogen (secondary N) is 1. The topological polar surface area (TPSA) is 94.2 Å². The summed E-state index contributed by atoms with van der Waals surface area (Å²) < 4.78 is 15.6. The molecule has 0 aromatic heterocycles. The number of allylic oxidation sites excluding steroid dienone is 2. The molecule has 4 rings (SSSR count). The summed E-state index contributed by atoms with van der Waals surface area (Å²) in [5.41, 5.74) is 4.56. The van der Waals surface area contributed by atoms with Gasteiger partial charge in [-0.25, -0.2) is 0 Å². The number of methoxy groups -OCH3 is 2. The van der Waals surface area contributed by atoms with Crippen molar-refractivity contribution >= 4 is 28.8 Å². The molecule has 1 fully saturated rings. The number of hydrogen-bond acceptors (Lipinski definition) is 7. The first-order chi connectivity index (χ1) is 17.9. The predicted molar refractivity (Wildman–Crippen MR) is 140 cm³/mol. The first-order valence-corrected chi connectivity index (χ1v) is 12.3. The van der Waals surface area contributed by atoms with Crippen LogP contribution in [0, 0.1) is 0 Å². The Kier molecular flexibility index (Phi) is 8.40. The molecule has 2 aromatic rings. The van der Waals surface area contributed by atoms with Gasteiger partial charge in [0.2, 0.25) is 29.0 Å². The number of carbonyl (C=O) groups excluding carboxylic acids is 3. The highest BCUT2D eigenvalue weighted by Crippen LogP contribution is 2.28. The van der Waals surface area contributed by atoms with Crippen LogP contribution in [0.2, 0.25) is 0 Å². The lowest BCUT2D eigenvalue weighted by molar-refractivity contribution is -0.121. The number of amides is 1. The van der Waals surface area contributed by atoms with Gasteiger partial charge in [-0.3, -0.25) is 14.4 Å². The van der Waals surface area contributed by atoms with E-state index in [0.29, 0.717) is 30.4 Å². The molecule has 1 N–H and O–H groups in total. The molecule has 8 nitrogen and oxygen atoms in total. The van der Waals surface area contributed by atoms with Crippen molar-refractivity contribution in [3.05, 3.63) is 82.3 Å². The Balaban J connectivity index is 1.30. The fraction of sp³-hybridized carbons (Fsp3) is 0.345. The number of ether oxygens (including phenoxy) is 3. The monoisotopic (exact) mass is 504 g/mol. The van der Waals surface area contributed by atoms with Crippen LogP contribution in [0.5, 0.6) is 0 Å². The smallest absolute Gasteiger partial charge is 0.228 e. The van der Waals surface area contributed by atoms with Gasteiger partial charge in [0.05, 0.1) is 27.4 Å². The van der Waals surface area contributed by atoms with Gasteiger partial charge in [0.25, 0.3) is 0 Å². The molecule has 37 heavy (non-hydrogen) atoms. The van der Waals surface area contributed by atoms with Crippen molar-refractivity contribution in [2.45, 2.75) is 26.2 Å². The molecule has 2 aromatic carbocycles. The molecule has 0 unspecified atom stereocenters. The summed E-state index contributed by atoms with van der Waals surface area (Å²) >= 11 is 0. The second kappa shape index (κ2) is 11.9. The molecule has 1 amide bonds. The maximum atomic E-state index is 12.9.